The molecule has 0 bridgehead atoms. The molecule has 0 aliphatic rings. The lowest BCUT2D eigenvalue weighted by atomic mass is 10.1. The predicted molar refractivity (Wildman–Crippen MR) is 119 cm³/mol. The van der Waals surface area contributed by atoms with Gasteiger partial charge in [-0.25, -0.2) is 4.98 Å². The Balaban J connectivity index is 1.61. The Morgan fingerprint density at radius 1 is 1.06 bits per heavy atom. The molecule has 2 aromatic carbocycles. The second-order valence-electron chi connectivity index (χ2n) is 6.99. The maximum Gasteiger partial charge on any atom is 0.416 e. The first kappa shape index (κ1) is 22.0. The van der Waals surface area contributed by atoms with Gasteiger partial charge < -0.3 is 11.1 Å². The highest BCUT2D eigenvalue weighted by Gasteiger charge is 2.30. The summed E-state index contributed by atoms with van der Waals surface area (Å²) in [4.78, 5) is 28.6. The zero-order valence-electron chi connectivity index (χ0n) is 16.4. The lowest BCUT2D eigenvalue weighted by molar-refractivity contribution is -0.137. The van der Waals surface area contributed by atoms with Gasteiger partial charge in [-0.05, 0) is 23.1 Å². The summed E-state index contributed by atoms with van der Waals surface area (Å²) >= 11 is 2.67. The average Bonchev–Trinajstić information content (AvgIpc) is 3.38. The van der Waals surface area contributed by atoms with Crippen molar-refractivity contribution < 1.29 is 22.8 Å². The van der Waals surface area contributed by atoms with E-state index in [0.717, 1.165) is 26.6 Å². The number of fused-ring (bicyclic) bond motifs is 1. The van der Waals surface area contributed by atoms with Crippen molar-refractivity contribution in [2.75, 3.05) is 6.54 Å². The van der Waals surface area contributed by atoms with Crippen LogP contribution < -0.4 is 11.1 Å². The van der Waals surface area contributed by atoms with Crippen LogP contribution in [0.1, 0.15) is 25.7 Å². The van der Waals surface area contributed by atoms with Crippen LogP contribution in [0.4, 0.5) is 13.2 Å². The number of benzene rings is 2. The van der Waals surface area contributed by atoms with Crippen molar-refractivity contribution in [3.05, 3.63) is 75.6 Å². The summed E-state index contributed by atoms with van der Waals surface area (Å²) in [5.41, 5.74) is 5.79. The number of amides is 2. The standard InChI is InChI=1S/C22H16F3N3O2S2/c23-22(24,25)14-5-1-3-12(7-14)8-15-9-13-4-2-6-16(19(13)31-15)21-28-10-17(32-21)20(30)27-11-18(26)29/h1-7,9-10H,8,11H2,(H2,26,29)(H,27,30). The summed E-state index contributed by atoms with van der Waals surface area (Å²) in [6.07, 6.45) is -2.57. The first-order valence-corrected chi connectivity index (χ1v) is 11.0. The largest absolute Gasteiger partial charge is 0.416 e. The number of nitrogens with zero attached hydrogens (tertiary/aromatic N) is 1. The number of thiophene rings is 1. The summed E-state index contributed by atoms with van der Waals surface area (Å²) < 4.78 is 40.0. The molecule has 0 aliphatic carbocycles. The van der Waals surface area contributed by atoms with E-state index in [1.807, 2.05) is 24.3 Å². The zero-order valence-corrected chi connectivity index (χ0v) is 18.0. The third-order valence-electron chi connectivity index (χ3n) is 4.61. The number of carbonyl (C=O) groups is 2. The van der Waals surface area contributed by atoms with Crippen LogP contribution in [0, 0.1) is 0 Å². The summed E-state index contributed by atoms with van der Waals surface area (Å²) in [5, 5.41) is 4.01. The fourth-order valence-corrected chi connectivity index (χ4v) is 5.32. The highest BCUT2D eigenvalue weighted by molar-refractivity contribution is 7.21. The summed E-state index contributed by atoms with van der Waals surface area (Å²) in [6.45, 7) is -0.258. The summed E-state index contributed by atoms with van der Waals surface area (Å²) in [7, 11) is 0. The van der Waals surface area contributed by atoms with Gasteiger partial charge >= 0.3 is 6.18 Å². The molecule has 10 heteroatoms. The van der Waals surface area contributed by atoms with Crippen LogP contribution in [0.15, 0.2) is 54.7 Å². The van der Waals surface area contributed by atoms with Gasteiger partial charge in [-0.15, -0.1) is 22.7 Å². The summed E-state index contributed by atoms with van der Waals surface area (Å²) in [5.74, 6) is -1.07. The topological polar surface area (TPSA) is 85.1 Å². The number of nitrogens with one attached hydrogen (secondary N) is 1. The number of aromatic nitrogens is 1. The Kier molecular flexibility index (Phi) is 5.98. The van der Waals surface area contributed by atoms with Gasteiger partial charge in [0.15, 0.2) is 0 Å². The zero-order chi connectivity index (χ0) is 22.9. The molecule has 0 fully saturated rings. The second kappa shape index (κ2) is 8.71. The van der Waals surface area contributed by atoms with Gasteiger partial charge in [0.25, 0.3) is 5.91 Å². The van der Waals surface area contributed by atoms with Crippen LogP contribution in [0.25, 0.3) is 20.7 Å². The smallest absolute Gasteiger partial charge is 0.368 e. The van der Waals surface area contributed by atoms with Crippen LogP contribution in [-0.2, 0) is 17.4 Å². The summed E-state index contributed by atoms with van der Waals surface area (Å²) in [6, 6.07) is 13.0. The van der Waals surface area contributed by atoms with Crippen molar-refractivity contribution in [2.24, 2.45) is 5.73 Å². The Morgan fingerprint density at radius 3 is 2.59 bits per heavy atom. The molecule has 4 rings (SSSR count). The Hall–Kier alpha value is -3.24. The van der Waals surface area contributed by atoms with Gasteiger partial charge in [-0.1, -0.05) is 36.4 Å². The van der Waals surface area contributed by atoms with Crippen molar-refractivity contribution in [3.63, 3.8) is 0 Å². The molecular formula is C22H16F3N3O2S2. The molecule has 4 aromatic rings. The number of hydrogen-bond acceptors (Lipinski definition) is 5. The molecule has 2 heterocycles. The molecule has 3 N–H and O–H groups in total. The van der Waals surface area contributed by atoms with E-state index < -0.39 is 23.6 Å². The third-order valence-corrected chi connectivity index (χ3v) is 6.82. The van der Waals surface area contributed by atoms with Crippen LogP contribution >= 0.6 is 22.7 Å². The van der Waals surface area contributed by atoms with Crippen molar-refractivity contribution in [2.45, 2.75) is 12.6 Å². The first-order valence-electron chi connectivity index (χ1n) is 9.41. The Labute approximate surface area is 188 Å². The van der Waals surface area contributed by atoms with Crippen molar-refractivity contribution >= 4 is 44.6 Å². The van der Waals surface area contributed by atoms with Crippen LogP contribution in [0.3, 0.4) is 0 Å². The number of halogens is 3. The van der Waals surface area contributed by atoms with E-state index in [0.29, 0.717) is 21.9 Å². The molecule has 32 heavy (non-hydrogen) atoms. The Bertz CT molecular complexity index is 1310. The molecule has 164 valence electrons. The minimum absolute atomic E-state index is 0.258. The molecule has 2 amide bonds. The molecule has 5 nitrogen and oxygen atoms in total. The molecule has 0 unspecified atom stereocenters. The minimum atomic E-state index is -4.38. The highest BCUT2D eigenvalue weighted by Crippen LogP contribution is 2.38. The van der Waals surface area contributed by atoms with Gasteiger partial charge in [-0.2, -0.15) is 13.2 Å². The number of hydrogen-bond donors (Lipinski definition) is 2. The van der Waals surface area contributed by atoms with Crippen molar-refractivity contribution in [1.82, 2.24) is 10.3 Å². The molecule has 0 aliphatic heterocycles. The maximum atomic E-state index is 13.0. The van der Waals surface area contributed by atoms with E-state index in [-0.39, 0.29) is 6.54 Å². The van der Waals surface area contributed by atoms with E-state index in [2.05, 4.69) is 10.3 Å². The first-order chi connectivity index (χ1) is 15.2. The third kappa shape index (κ3) is 4.81. The van der Waals surface area contributed by atoms with Crippen molar-refractivity contribution in [3.8, 4) is 10.6 Å². The number of nitrogens with two attached hydrogens (primary N) is 1. The van der Waals surface area contributed by atoms with E-state index in [1.54, 1.807) is 6.07 Å². The number of rotatable bonds is 6. The van der Waals surface area contributed by atoms with Crippen LogP contribution in [-0.4, -0.2) is 23.3 Å². The molecule has 0 saturated heterocycles. The lowest BCUT2D eigenvalue weighted by Crippen LogP contribution is -2.32. The molecule has 2 aromatic heterocycles. The fourth-order valence-electron chi connectivity index (χ4n) is 3.19. The lowest BCUT2D eigenvalue weighted by Gasteiger charge is -2.08. The monoisotopic (exact) mass is 475 g/mol. The number of carbonyl (C=O) groups excluding carboxylic acids is 2. The molecule has 0 atom stereocenters. The van der Waals surface area contributed by atoms with Gasteiger partial charge in [-0.3, -0.25) is 9.59 Å². The average molecular weight is 476 g/mol. The predicted octanol–water partition coefficient (Wildman–Crippen LogP) is 4.85. The molecule has 0 radical (unpaired) electrons. The maximum absolute atomic E-state index is 13.0. The van der Waals surface area contributed by atoms with Gasteiger partial charge in [0.05, 0.1) is 18.3 Å². The second-order valence-corrected chi connectivity index (χ2v) is 9.16. The SMILES string of the molecule is NC(=O)CNC(=O)c1cnc(-c2cccc3cc(Cc4cccc(C(F)(F)F)c4)sc23)s1. The van der Waals surface area contributed by atoms with Crippen LogP contribution in [0.5, 0.6) is 0 Å². The van der Waals surface area contributed by atoms with E-state index in [9.17, 15) is 22.8 Å². The Morgan fingerprint density at radius 2 is 1.84 bits per heavy atom. The van der Waals surface area contributed by atoms with E-state index in [1.165, 1.54) is 41.0 Å². The van der Waals surface area contributed by atoms with E-state index in [4.69, 9.17) is 5.73 Å². The molecule has 0 spiro atoms. The number of alkyl halides is 3. The van der Waals surface area contributed by atoms with Crippen molar-refractivity contribution in [1.29, 1.82) is 0 Å². The fraction of sp³-hybridized carbons (Fsp3) is 0.136. The normalized spacial score (nSPS) is 11.6. The molecule has 0 saturated carbocycles. The molecular weight excluding hydrogens is 459 g/mol. The minimum Gasteiger partial charge on any atom is -0.368 e. The van der Waals surface area contributed by atoms with Crippen LogP contribution in [0.2, 0.25) is 0 Å². The van der Waals surface area contributed by atoms with E-state index >= 15 is 0 Å². The number of thiazole rings is 1. The van der Waals surface area contributed by atoms with Gasteiger partial charge in [0.2, 0.25) is 5.91 Å². The van der Waals surface area contributed by atoms with Gasteiger partial charge in [0, 0.05) is 21.6 Å². The number of primary amides is 1. The van der Waals surface area contributed by atoms with Gasteiger partial charge in [0.1, 0.15) is 9.88 Å². The highest BCUT2D eigenvalue weighted by atomic mass is 32.1. The quantitative estimate of drug-likeness (QED) is 0.418.